The van der Waals surface area contributed by atoms with Crippen LogP contribution in [-0.4, -0.2) is 12.0 Å². The molecule has 1 aromatic rings. The molecular formula is C11H9BrF4O. The maximum atomic E-state index is 12.9. The van der Waals surface area contributed by atoms with E-state index in [1.165, 1.54) is 12.1 Å². The van der Waals surface area contributed by atoms with Gasteiger partial charge in [0.2, 0.25) is 0 Å². The molecule has 0 fully saturated rings. The third-order valence-corrected chi connectivity index (χ3v) is 2.68. The van der Waals surface area contributed by atoms with E-state index in [0.717, 1.165) is 6.07 Å². The van der Waals surface area contributed by atoms with Gasteiger partial charge in [0.05, 0.1) is 10.9 Å². The Morgan fingerprint density at radius 2 is 1.94 bits per heavy atom. The van der Waals surface area contributed by atoms with Crippen LogP contribution in [0.25, 0.3) is 0 Å². The summed E-state index contributed by atoms with van der Waals surface area (Å²) >= 11 is 2.94. The van der Waals surface area contributed by atoms with Gasteiger partial charge >= 0.3 is 6.18 Å². The highest BCUT2D eigenvalue weighted by Crippen LogP contribution is 2.22. The van der Waals surface area contributed by atoms with Crippen LogP contribution in [0, 0.1) is 5.82 Å². The molecule has 94 valence electrons. The largest absolute Gasteiger partial charge is 0.389 e. The fraction of sp³-hybridized carbons (Fsp3) is 0.364. The van der Waals surface area contributed by atoms with Crippen molar-refractivity contribution in [1.29, 1.82) is 0 Å². The molecule has 17 heavy (non-hydrogen) atoms. The summed E-state index contributed by atoms with van der Waals surface area (Å²) < 4.78 is 48.6. The highest BCUT2D eigenvalue weighted by Gasteiger charge is 2.27. The van der Waals surface area contributed by atoms with Crippen LogP contribution in [-0.2, 0) is 11.2 Å². The molecule has 0 spiro atoms. The summed E-state index contributed by atoms with van der Waals surface area (Å²) in [5.41, 5.74) is 0.491. The maximum Gasteiger partial charge on any atom is 0.389 e. The van der Waals surface area contributed by atoms with Crippen molar-refractivity contribution >= 4 is 21.7 Å². The van der Waals surface area contributed by atoms with Gasteiger partial charge in [-0.2, -0.15) is 13.2 Å². The highest BCUT2D eigenvalue weighted by atomic mass is 79.9. The number of hydrogen-bond acceptors (Lipinski definition) is 1. The first-order valence-electron chi connectivity index (χ1n) is 4.80. The SMILES string of the molecule is O=C(CCC(F)(F)F)Cc1ccc(F)c(Br)c1. The minimum absolute atomic E-state index is 0.116. The first kappa shape index (κ1) is 14.2. The fourth-order valence-corrected chi connectivity index (χ4v) is 1.67. The van der Waals surface area contributed by atoms with Crippen LogP contribution < -0.4 is 0 Å². The van der Waals surface area contributed by atoms with Gasteiger partial charge in [0.15, 0.2) is 0 Å². The summed E-state index contributed by atoms with van der Waals surface area (Å²) in [6.07, 6.45) is -6.10. The number of ketones is 1. The van der Waals surface area contributed by atoms with Crippen molar-refractivity contribution in [3.05, 3.63) is 34.1 Å². The van der Waals surface area contributed by atoms with Crippen molar-refractivity contribution < 1.29 is 22.4 Å². The Hall–Kier alpha value is -0.910. The molecule has 0 amide bonds. The molecule has 1 aromatic carbocycles. The monoisotopic (exact) mass is 312 g/mol. The summed E-state index contributed by atoms with van der Waals surface area (Å²) in [6, 6.07) is 3.93. The van der Waals surface area contributed by atoms with Gasteiger partial charge < -0.3 is 0 Å². The summed E-state index contributed by atoms with van der Waals surface area (Å²) in [4.78, 5) is 11.2. The Bertz CT molecular complexity index is 414. The zero-order chi connectivity index (χ0) is 13.1. The summed E-state index contributed by atoms with van der Waals surface area (Å²) in [6.45, 7) is 0. The fourth-order valence-electron chi connectivity index (χ4n) is 1.25. The van der Waals surface area contributed by atoms with Gasteiger partial charge in [-0.25, -0.2) is 4.39 Å². The molecule has 0 aromatic heterocycles. The number of benzene rings is 1. The van der Waals surface area contributed by atoms with Gasteiger partial charge in [-0.05, 0) is 33.6 Å². The molecule has 0 radical (unpaired) electrons. The van der Waals surface area contributed by atoms with Crippen molar-refractivity contribution in [2.45, 2.75) is 25.4 Å². The normalized spacial score (nSPS) is 11.6. The van der Waals surface area contributed by atoms with Crippen molar-refractivity contribution in [3.8, 4) is 0 Å². The molecule has 0 aliphatic heterocycles. The summed E-state index contributed by atoms with van der Waals surface area (Å²) in [5, 5.41) is 0. The third kappa shape index (κ3) is 5.30. The molecule has 0 aliphatic carbocycles. The predicted octanol–water partition coefficient (Wildman–Crippen LogP) is 4.04. The van der Waals surface area contributed by atoms with Gasteiger partial charge in [0.1, 0.15) is 11.6 Å². The smallest absolute Gasteiger partial charge is 0.299 e. The average Bonchev–Trinajstić information content (AvgIpc) is 2.20. The Morgan fingerprint density at radius 1 is 1.29 bits per heavy atom. The van der Waals surface area contributed by atoms with Crippen LogP contribution in [0.15, 0.2) is 22.7 Å². The molecular weight excluding hydrogens is 304 g/mol. The lowest BCUT2D eigenvalue weighted by Gasteiger charge is -2.05. The van der Waals surface area contributed by atoms with Crippen LogP contribution in [0.2, 0.25) is 0 Å². The second-order valence-electron chi connectivity index (χ2n) is 3.58. The van der Waals surface area contributed by atoms with E-state index < -0.39 is 30.6 Å². The quantitative estimate of drug-likeness (QED) is 0.767. The van der Waals surface area contributed by atoms with Crippen LogP contribution in [0.3, 0.4) is 0 Å². The number of halogens is 5. The number of Topliss-reactive ketones (excluding diaryl/α,β-unsaturated/α-hetero) is 1. The highest BCUT2D eigenvalue weighted by molar-refractivity contribution is 9.10. The average molecular weight is 313 g/mol. The molecule has 6 heteroatoms. The number of hydrogen-bond donors (Lipinski definition) is 0. The second-order valence-corrected chi connectivity index (χ2v) is 4.43. The first-order valence-corrected chi connectivity index (χ1v) is 5.59. The minimum atomic E-state index is -4.32. The van der Waals surface area contributed by atoms with E-state index in [-0.39, 0.29) is 10.9 Å². The molecule has 0 saturated heterocycles. The number of carbonyl (C=O) groups is 1. The molecule has 0 heterocycles. The Kier molecular flexibility index (Phi) is 4.68. The van der Waals surface area contributed by atoms with Gasteiger partial charge in [-0.1, -0.05) is 6.07 Å². The Labute approximate surface area is 104 Å². The van der Waals surface area contributed by atoms with Crippen molar-refractivity contribution in [2.75, 3.05) is 0 Å². The zero-order valence-electron chi connectivity index (χ0n) is 8.65. The molecule has 0 atom stereocenters. The van der Waals surface area contributed by atoms with Crippen LogP contribution in [0.1, 0.15) is 18.4 Å². The van der Waals surface area contributed by atoms with E-state index in [1.54, 1.807) is 0 Å². The third-order valence-electron chi connectivity index (χ3n) is 2.07. The van der Waals surface area contributed by atoms with E-state index in [4.69, 9.17) is 0 Å². The van der Waals surface area contributed by atoms with Crippen LogP contribution in [0.4, 0.5) is 17.6 Å². The molecule has 0 aliphatic rings. The first-order chi connectivity index (χ1) is 7.78. The Morgan fingerprint density at radius 3 is 2.47 bits per heavy atom. The number of alkyl halides is 3. The number of rotatable bonds is 4. The van der Waals surface area contributed by atoms with Gasteiger partial charge in [0.25, 0.3) is 0 Å². The van der Waals surface area contributed by atoms with Crippen LogP contribution >= 0.6 is 15.9 Å². The van der Waals surface area contributed by atoms with E-state index in [2.05, 4.69) is 15.9 Å². The van der Waals surface area contributed by atoms with E-state index in [0.29, 0.717) is 5.56 Å². The lowest BCUT2D eigenvalue weighted by atomic mass is 10.1. The van der Waals surface area contributed by atoms with Crippen molar-refractivity contribution in [3.63, 3.8) is 0 Å². The van der Waals surface area contributed by atoms with Gasteiger partial charge in [-0.3, -0.25) is 4.79 Å². The summed E-state index contributed by atoms with van der Waals surface area (Å²) in [7, 11) is 0. The van der Waals surface area contributed by atoms with Crippen molar-refractivity contribution in [2.24, 2.45) is 0 Å². The molecule has 1 nitrogen and oxygen atoms in total. The Balaban J connectivity index is 2.54. The molecule has 1 rings (SSSR count). The van der Waals surface area contributed by atoms with E-state index in [9.17, 15) is 22.4 Å². The molecule has 0 unspecified atom stereocenters. The van der Waals surface area contributed by atoms with Crippen LogP contribution in [0.5, 0.6) is 0 Å². The molecule has 0 N–H and O–H groups in total. The van der Waals surface area contributed by atoms with Gasteiger partial charge in [-0.15, -0.1) is 0 Å². The standard InChI is InChI=1S/C11H9BrF4O/c12-9-6-7(1-2-10(9)13)5-8(17)3-4-11(14,15)16/h1-2,6H,3-5H2. The molecule has 0 bridgehead atoms. The van der Waals surface area contributed by atoms with E-state index >= 15 is 0 Å². The van der Waals surface area contributed by atoms with E-state index in [1.807, 2.05) is 0 Å². The van der Waals surface area contributed by atoms with Gasteiger partial charge in [0, 0.05) is 12.8 Å². The second kappa shape index (κ2) is 5.62. The maximum absolute atomic E-state index is 12.9. The zero-order valence-corrected chi connectivity index (χ0v) is 10.2. The summed E-state index contributed by atoms with van der Waals surface area (Å²) in [5.74, 6) is -0.989. The predicted molar refractivity (Wildman–Crippen MR) is 58.1 cm³/mol. The van der Waals surface area contributed by atoms with Crippen molar-refractivity contribution in [1.82, 2.24) is 0 Å². The lowest BCUT2D eigenvalue weighted by Crippen LogP contribution is -2.12. The minimum Gasteiger partial charge on any atom is -0.299 e. The lowest BCUT2D eigenvalue weighted by molar-refractivity contribution is -0.143. The topological polar surface area (TPSA) is 17.1 Å². The number of carbonyl (C=O) groups excluding carboxylic acids is 1. The molecule has 0 saturated carbocycles.